The van der Waals surface area contributed by atoms with Gasteiger partial charge in [-0.15, -0.1) is 0 Å². The van der Waals surface area contributed by atoms with Gasteiger partial charge < -0.3 is 20.1 Å². The lowest BCUT2D eigenvalue weighted by atomic mass is 9.94. The summed E-state index contributed by atoms with van der Waals surface area (Å²) in [6.07, 6.45) is 3.61. The standard InChI is InChI=1S/C17H20N2O4/c1-12-15(16(20)23-11-10-22-2)14(19-17(21)18-12)9-8-13-6-4-3-5-7-13/h3-9,14-15H,1,10-11H2,2H3,(H2,18,19,21)/b9-8+/t14-,15+/m0/s1. The SMILES string of the molecule is C=C1NC(=O)N[C@@H](/C=C/c2ccccc2)[C@@H]1C(=O)OCCOC. The second-order valence-electron chi connectivity index (χ2n) is 5.06. The molecular weight excluding hydrogens is 296 g/mol. The third kappa shape index (κ3) is 4.69. The van der Waals surface area contributed by atoms with Crippen molar-refractivity contribution in [3.8, 4) is 0 Å². The van der Waals surface area contributed by atoms with Gasteiger partial charge in [-0.1, -0.05) is 49.1 Å². The molecule has 2 N–H and O–H groups in total. The van der Waals surface area contributed by atoms with Crippen LogP contribution in [0.5, 0.6) is 0 Å². The fourth-order valence-corrected chi connectivity index (χ4v) is 2.25. The zero-order chi connectivity index (χ0) is 16.7. The van der Waals surface area contributed by atoms with Crippen LogP contribution in [-0.2, 0) is 14.3 Å². The summed E-state index contributed by atoms with van der Waals surface area (Å²) in [6, 6.07) is 8.69. The molecule has 6 heteroatoms. The number of amides is 2. The highest BCUT2D eigenvalue weighted by Gasteiger charge is 2.36. The first kappa shape index (κ1) is 16.8. The van der Waals surface area contributed by atoms with E-state index in [4.69, 9.17) is 9.47 Å². The molecule has 0 unspecified atom stereocenters. The molecule has 0 saturated carbocycles. The molecule has 0 aliphatic carbocycles. The highest BCUT2D eigenvalue weighted by Crippen LogP contribution is 2.20. The fraction of sp³-hybridized carbons (Fsp3) is 0.294. The maximum absolute atomic E-state index is 12.2. The van der Waals surface area contributed by atoms with Crippen LogP contribution < -0.4 is 10.6 Å². The zero-order valence-corrected chi connectivity index (χ0v) is 13.0. The van der Waals surface area contributed by atoms with Gasteiger partial charge in [-0.25, -0.2) is 4.79 Å². The Kier molecular flexibility index (Phi) is 5.94. The Balaban J connectivity index is 2.11. The first-order valence-corrected chi connectivity index (χ1v) is 7.27. The first-order chi connectivity index (χ1) is 11.1. The van der Waals surface area contributed by atoms with Gasteiger partial charge in [0.05, 0.1) is 12.6 Å². The molecule has 1 saturated heterocycles. The Morgan fingerprint density at radius 2 is 2.04 bits per heavy atom. The summed E-state index contributed by atoms with van der Waals surface area (Å²) in [5, 5.41) is 5.23. The molecule has 0 bridgehead atoms. The minimum Gasteiger partial charge on any atom is -0.463 e. The lowest BCUT2D eigenvalue weighted by molar-refractivity contribution is -0.149. The number of methoxy groups -OCH3 is 1. The second kappa shape index (κ2) is 8.14. The summed E-state index contributed by atoms with van der Waals surface area (Å²) in [5.74, 6) is -1.15. The monoisotopic (exact) mass is 316 g/mol. The molecule has 1 aliphatic heterocycles. The lowest BCUT2D eigenvalue weighted by Crippen LogP contribution is -2.55. The molecule has 1 aromatic rings. The van der Waals surface area contributed by atoms with Gasteiger partial charge >= 0.3 is 12.0 Å². The molecule has 6 nitrogen and oxygen atoms in total. The van der Waals surface area contributed by atoms with Gasteiger partial charge in [-0.2, -0.15) is 0 Å². The van der Waals surface area contributed by atoms with E-state index in [-0.39, 0.29) is 6.61 Å². The molecule has 1 fully saturated rings. The number of ether oxygens (including phenoxy) is 2. The van der Waals surface area contributed by atoms with Crippen LogP contribution in [0.3, 0.4) is 0 Å². The summed E-state index contributed by atoms with van der Waals surface area (Å²) in [7, 11) is 1.53. The van der Waals surface area contributed by atoms with Crippen LogP contribution in [0, 0.1) is 5.92 Å². The van der Waals surface area contributed by atoms with Gasteiger partial charge in [0.1, 0.15) is 12.5 Å². The molecule has 122 valence electrons. The van der Waals surface area contributed by atoms with Crippen LogP contribution in [0.4, 0.5) is 4.79 Å². The van der Waals surface area contributed by atoms with Crippen molar-refractivity contribution in [1.82, 2.24) is 10.6 Å². The predicted octanol–water partition coefficient (Wildman–Crippen LogP) is 1.70. The lowest BCUT2D eigenvalue weighted by Gasteiger charge is -2.31. The molecule has 0 spiro atoms. The van der Waals surface area contributed by atoms with E-state index < -0.39 is 24.0 Å². The maximum Gasteiger partial charge on any atom is 0.319 e. The van der Waals surface area contributed by atoms with Crippen molar-refractivity contribution in [1.29, 1.82) is 0 Å². The number of nitrogens with one attached hydrogen (secondary N) is 2. The number of esters is 1. The molecule has 0 aromatic heterocycles. The summed E-state index contributed by atoms with van der Waals surface area (Å²) in [4.78, 5) is 23.9. The Morgan fingerprint density at radius 3 is 2.74 bits per heavy atom. The zero-order valence-electron chi connectivity index (χ0n) is 13.0. The van der Waals surface area contributed by atoms with Gasteiger partial charge in [0.25, 0.3) is 0 Å². The number of hydrogen-bond donors (Lipinski definition) is 2. The van der Waals surface area contributed by atoms with E-state index in [9.17, 15) is 9.59 Å². The van der Waals surface area contributed by atoms with Crippen LogP contribution in [-0.4, -0.2) is 38.4 Å². The van der Waals surface area contributed by atoms with Gasteiger partial charge in [0.15, 0.2) is 0 Å². The number of carbonyl (C=O) groups excluding carboxylic acids is 2. The van der Waals surface area contributed by atoms with Crippen molar-refractivity contribution in [3.63, 3.8) is 0 Å². The van der Waals surface area contributed by atoms with E-state index >= 15 is 0 Å². The van der Waals surface area contributed by atoms with Crippen molar-refractivity contribution in [3.05, 3.63) is 54.2 Å². The van der Waals surface area contributed by atoms with E-state index in [0.717, 1.165) is 5.56 Å². The molecule has 1 heterocycles. The summed E-state index contributed by atoms with van der Waals surface area (Å²) in [5.41, 5.74) is 1.29. The summed E-state index contributed by atoms with van der Waals surface area (Å²) >= 11 is 0. The van der Waals surface area contributed by atoms with Crippen LogP contribution in [0.2, 0.25) is 0 Å². The smallest absolute Gasteiger partial charge is 0.319 e. The number of urea groups is 1. The fourth-order valence-electron chi connectivity index (χ4n) is 2.25. The third-order valence-corrected chi connectivity index (χ3v) is 3.39. The summed E-state index contributed by atoms with van der Waals surface area (Å²) in [6.45, 7) is 4.23. The normalized spacial score (nSPS) is 20.9. The van der Waals surface area contributed by atoms with Gasteiger partial charge in [0.2, 0.25) is 0 Å². The van der Waals surface area contributed by atoms with Gasteiger partial charge in [0, 0.05) is 12.8 Å². The molecular formula is C17H20N2O4. The molecule has 2 atom stereocenters. The minimum atomic E-state index is -0.690. The van der Waals surface area contributed by atoms with E-state index in [2.05, 4.69) is 17.2 Å². The van der Waals surface area contributed by atoms with Crippen molar-refractivity contribution in [2.75, 3.05) is 20.3 Å². The van der Waals surface area contributed by atoms with Crippen LogP contribution >= 0.6 is 0 Å². The van der Waals surface area contributed by atoms with Crippen LogP contribution in [0.15, 0.2) is 48.7 Å². The minimum absolute atomic E-state index is 0.155. The molecule has 2 amide bonds. The largest absolute Gasteiger partial charge is 0.463 e. The Morgan fingerprint density at radius 1 is 1.30 bits per heavy atom. The van der Waals surface area contributed by atoms with E-state index in [1.54, 1.807) is 6.08 Å². The van der Waals surface area contributed by atoms with Crippen LogP contribution in [0.1, 0.15) is 5.56 Å². The number of rotatable bonds is 6. The average Bonchev–Trinajstić information content (AvgIpc) is 2.53. The highest BCUT2D eigenvalue weighted by atomic mass is 16.6. The topological polar surface area (TPSA) is 76.7 Å². The van der Waals surface area contributed by atoms with Crippen molar-refractivity contribution in [2.45, 2.75) is 6.04 Å². The van der Waals surface area contributed by atoms with Crippen LogP contribution in [0.25, 0.3) is 6.08 Å². The van der Waals surface area contributed by atoms with Crippen molar-refractivity contribution >= 4 is 18.1 Å². The quantitative estimate of drug-likeness (QED) is 0.619. The van der Waals surface area contributed by atoms with Gasteiger partial charge in [-0.3, -0.25) is 4.79 Å². The van der Waals surface area contributed by atoms with E-state index in [1.807, 2.05) is 36.4 Å². The number of benzene rings is 1. The maximum atomic E-state index is 12.2. The Bertz CT molecular complexity index is 598. The second-order valence-corrected chi connectivity index (χ2v) is 5.06. The molecule has 1 aliphatic rings. The first-order valence-electron chi connectivity index (χ1n) is 7.27. The molecule has 0 radical (unpaired) electrons. The van der Waals surface area contributed by atoms with E-state index in [0.29, 0.717) is 12.3 Å². The Hall–Kier alpha value is -2.60. The van der Waals surface area contributed by atoms with Crippen molar-refractivity contribution in [2.24, 2.45) is 5.92 Å². The average molecular weight is 316 g/mol. The highest BCUT2D eigenvalue weighted by molar-refractivity contribution is 5.85. The predicted molar refractivity (Wildman–Crippen MR) is 86.4 cm³/mol. The van der Waals surface area contributed by atoms with Gasteiger partial charge in [-0.05, 0) is 5.56 Å². The number of hydrogen-bond acceptors (Lipinski definition) is 4. The number of carbonyl (C=O) groups is 2. The van der Waals surface area contributed by atoms with Crippen molar-refractivity contribution < 1.29 is 19.1 Å². The van der Waals surface area contributed by atoms with E-state index in [1.165, 1.54) is 7.11 Å². The third-order valence-electron chi connectivity index (χ3n) is 3.39. The molecule has 23 heavy (non-hydrogen) atoms. The molecule has 2 rings (SSSR count). The molecule has 1 aromatic carbocycles. The summed E-state index contributed by atoms with van der Waals surface area (Å²) < 4.78 is 10.0. The Labute approximate surface area is 135 Å².